The molecule has 0 radical (unpaired) electrons. The number of H-pyrrole nitrogens is 1. The first-order valence-electron chi connectivity index (χ1n) is 14.2. The number of fused-ring (bicyclic) bond motifs is 1. The van der Waals surface area contributed by atoms with Gasteiger partial charge in [-0.15, -0.1) is 0 Å². The van der Waals surface area contributed by atoms with Crippen molar-refractivity contribution in [2.24, 2.45) is 7.05 Å². The maximum atomic E-state index is 13.9. The molecule has 1 saturated heterocycles. The first-order valence-corrected chi connectivity index (χ1v) is 15.6. The zero-order valence-corrected chi connectivity index (χ0v) is 25.8. The molecule has 3 heterocycles. The molecule has 12 nitrogen and oxygen atoms in total. The molecule has 0 aliphatic carbocycles. The molecule has 1 aliphatic rings. The molecule has 5 rings (SSSR count). The highest BCUT2D eigenvalue weighted by Crippen LogP contribution is 2.33. The number of aromatic nitrogens is 4. The average molecular weight is 609 g/mol. The van der Waals surface area contributed by atoms with Gasteiger partial charge in [0, 0.05) is 38.8 Å². The Hall–Kier alpha value is -4.23. The van der Waals surface area contributed by atoms with Crippen molar-refractivity contribution in [3.05, 3.63) is 58.9 Å². The lowest BCUT2D eigenvalue weighted by molar-refractivity contribution is 0.0260. The van der Waals surface area contributed by atoms with Crippen LogP contribution in [-0.2, 0) is 21.8 Å². The summed E-state index contributed by atoms with van der Waals surface area (Å²) in [6.45, 7) is 8.44. The topological polar surface area (TPSA) is 140 Å². The third kappa shape index (κ3) is 6.27. The zero-order chi connectivity index (χ0) is 30.9. The molecule has 228 valence electrons. The van der Waals surface area contributed by atoms with E-state index in [-0.39, 0.29) is 30.4 Å². The molecule has 4 aromatic rings. The third-order valence-electron chi connectivity index (χ3n) is 6.99. The first-order chi connectivity index (χ1) is 20.4. The zero-order valence-electron chi connectivity index (χ0n) is 25.0. The second-order valence-electron chi connectivity index (χ2n) is 11.3. The molecule has 2 aromatic heterocycles. The van der Waals surface area contributed by atoms with E-state index < -0.39 is 27.3 Å². The van der Waals surface area contributed by atoms with Crippen LogP contribution in [-0.4, -0.2) is 81.9 Å². The van der Waals surface area contributed by atoms with Gasteiger partial charge >= 0.3 is 6.09 Å². The van der Waals surface area contributed by atoms with E-state index >= 15 is 0 Å². The molecule has 2 aromatic carbocycles. The summed E-state index contributed by atoms with van der Waals surface area (Å²) in [6, 6.07) is 13.9. The molecule has 1 fully saturated rings. The van der Waals surface area contributed by atoms with Crippen LogP contribution >= 0.6 is 0 Å². The Morgan fingerprint density at radius 1 is 1.05 bits per heavy atom. The van der Waals surface area contributed by atoms with Crippen LogP contribution in [0.2, 0.25) is 0 Å². The van der Waals surface area contributed by atoms with Crippen molar-refractivity contribution in [2.75, 3.05) is 32.8 Å². The number of nitrogens with one attached hydrogen (secondary N) is 1. The van der Waals surface area contributed by atoms with Crippen molar-refractivity contribution in [2.45, 2.75) is 44.6 Å². The van der Waals surface area contributed by atoms with Gasteiger partial charge in [-0.25, -0.2) is 18.2 Å². The highest BCUT2D eigenvalue weighted by Gasteiger charge is 2.31. The van der Waals surface area contributed by atoms with Crippen molar-refractivity contribution in [1.29, 1.82) is 0 Å². The van der Waals surface area contributed by atoms with Gasteiger partial charge in [-0.1, -0.05) is 30.3 Å². The number of aryl methyl sites for hydroxylation is 1. The second kappa shape index (κ2) is 11.8. The quantitative estimate of drug-likeness (QED) is 0.346. The first kappa shape index (κ1) is 30.2. The van der Waals surface area contributed by atoms with Gasteiger partial charge in [-0.2, -0.15) is 9.40 Å². The van der Waals surface area contributed by atoms with Crippen LogP contribution in [0.15, 0.2) is 58.2 Å². The second-order valence-corrected chi connectivity index (χ2v) is 13.2. The maximum Gasteiger partial charge on any atom is 0.410 e. The summed E-state index contributed by atoms with van der Waals surface area (Å²) in [7, 11) is -2.29. The van der Waals surface area contributed by atoms with Crippen LogP contribution in [0.25, 0.3) is 33.7 Å². The van der Waals surface area contributed by atoms with Crippen molar-refractivity contribution in [1.82, 2.24) is 29.0 Å². The van der Waals surface area contributed by atoms with Crippen molar-refractivity contribution in [3.63, 3.8) is 0 Å². The molecule has 0 saturated carbocycles. The third-order valence-corrected chi connectivity index (χ3v) is 8.89. The molecule has 0 bridgehead atoms. The van der Waals surface area contributed by atoms with Crippen LogP contribution in [0.5, 0.6) is 5.75 Å². The Morgan fingerprint density at radius 3 is 2.49 bits per heavy atom. The molecule has 1 N–H and O–H groups in total. The summed E-state index contributed by atoms with van der Waals surface area (Å²) in [5.74, 6) is 0.538. The predicted octanol–water partition coefficient (Wildman–Crippen LogP) is 4.02. The molecule has 1 amide bonds. The fourth-order valence-electron chi connectivity index (χ4n) is 5.03. The summed E-state index contributed by atoms with van der Waals surface area (Å²) in [6.07, 6.45) is -0.0113. The van der Waals surface area contributed by atoms with Gasteiger partial charge in [-0.05, 0) is 52.3 Å². The number of carbonyl (C=O) groups is 1. The maximum absolute atomic E-state index is 13.9. The van der Waals surface area contributed by atoms with Crippen molar-refractivity contribution >= 4 is 27.1 Å². The number of aromatic amines is 1. The van der Waals surface area contributed by atoms with Gasteiger partial charge in [0.25, 0.3) is 5.56 Å². The van der Waals surface area contributed by atoms with E-state index in [2.05, 4.69) is 10.1 Å². The van der Waals surface area contributed by atoms with Crippen LogP contribution in [0.4, 0.5) is 4.79 Å². The van der Waals surface area contributed by atoms with Gasteiger partial charge in [0.15, 0.2) is 5.52 Å². The van der Waals surface area contributed by atoms with Gasteiger partial charge in [0.1, 0.15) is 28.4 Å². The summed E-state index contributed by atoms with van der Waals surface area (Å²) in [4.78, 5) is 35.0. The smallest absolute Gasteiger partial charge is 0.410 e. The minimum atomic E-state index is -3.97. The number of sulfonamides is 1. The Bertz CT molecular complexity index is 1810. The number of benzene rings is 2. The van der Waals surface area contributed by atoms with Crippen molar-refractivity contribution < 1.29 is 22.7 Å². The number of rotatable bonds is 6. The lowest BCUT2D eigenvalue weighted by atomic mass is 10.1. The van der Waals surface area contributed by atoms with E-state index in [1.807, 2.05) is 37.3 Å². The predicted molar refractivity (Wildman–Crippen MR) is 162 cm³/mol. The minimum absolute atomic E-state index is 0.0221. The molecule has 43 heavy (non-hydrogen) atoms. The molecular formula is C30H36N6O6S. The molecular weight excluding hydrogens is 572 g/mol. The summed E-state index contributed by atoms with van der Waals surface area (Å²) < 4.78 is 41.9. The largest absolute Gasteiger partial charge is 0.493 e. The summed E-state index contributed by atoms with van der Waals surface area (Å²) >= 11 is 0. The van der Waals surface area contributed by atoms with Gasteiger partial charge in [-0.3, -0.25) is 9.48 Å². The van der Waals surface area contributed by atoms with E-state index in [1.165, 1.54) is 26.0 Å². The Kier molecular flexibility index (Phi) is 8.30. The molecule has 0 atom stereocenters. The summed E-state index contributed by atoms with van der Waals surface area (Å²) in [5, 5.41) is 4.54. The highest BCUT2D eigenvalue weighted by molar-refractivity contribution is 7.89. The van der Waals surface area contributed by atoms with E-state index in [0.717, 1.165) is 5.56 Å². The normalized spacial score (nSPS) is 15.0. The standard InChI is InChI=1S/C30H36N6O6S/c1-6-41-23-14-13-21(43(39,40)36-16-10-15-35(17-18-36)29(38)42-30(2,3)4)19-22(23)27-31-25-24(20-11-8-7-9-12-20)33-34(5)26(25)28(37)32-27/h7-9,11-14,19H,6,10,15-18H2,1-5H3,(H,31,32,37). The van der Waals surface area contributed by atoms with Crippen LogP contribution in [0, 0.1) is 0 Å². The fraction of sp³-hybridized carbons (Fsp3) is 0.400. The Morgan fingerprint density at radius 2 is 1.79 bits per heavy atom. The Balaban J connectivity index is 1.53. The Labute approximate surface area is 250 Å². The number of amides is 1. The number of ether oxygens (including phenoxy) is 2. The van der Waals surface area contributed by atoms with Gasteiger partial charge < -0.3 is 19.4 Å². The van der Waals surface area contributed by atoms with Crippen molar-refractivity contribution in [3.8, 4) is 28.4 Å². The number of carbonyl (C=O) groups excluding carboxylic acids is 1. The van der Waals surface area contributed by atoms with E-state index in [0.29, 0.717) is 47.6 Å². The molecule has 1 aliphatic heterocycles. The van der Waals surface area contributed by atoms with Crippen LogP contribution in [0.3, 0.4) is 0 Å². The average Bonchev–Trinajstić information content (AvgIpc) is 3.12. The fourth-order valence-corrected chi connectivity index (χ4v) is 6.52. The number of nitrogens with zero attached hydrogens (tertiary/aromatic N) is 5. The van der Waals surface area contributed by atoms with E-state index in [9.17, 15) is 18.0 Å². The van der Waals surface area contributed by atoms with Gasteiger partial charge in [0.05, 0.1) is 17.1 Å². The van der Waals surface area contributed by atoms with Gasteiger partial charge in [0.2, 0.25) is 10.0 Å². The van der Waals surface area contributed by atoms with E-state index in [4.69, 9.17) is 14.5 Å². The molecule has 13 heteroatoms. The number of hydrogen-bond acceptors (Lipinski definition) is 8. The SMILES string of the molecule is CCOc1ccc(S(=O)(=O)N2CCCN(C(=O)OC(C)(C)C)CC2)cc1-c1nc2c(-c3ccccc3)nn(C)c2c(=O)[nH]1. The number of hydrogen-bond donors (Lipinski definition) is 1. The monoisotopic (exact) mass is 608 g/mol. The molecule has 0 unspecified atom stereocenters. The van der Waals surface area contributed by atoms with Crippen LogP contribution < -0.4 is 10.3 Å². The van der Waals surface area contributed by atoms with E-state index in [1.54, 1.807) is 33.9 Å². The molecule has 0 spiro atoms. The summed E-state index contributed by atoms with van der Waals surface area (Å²) in [5.41, 5.74) is 1.27. The lowest BCUT2D eigenvalue weighted by Gasteiger charge is -2.26. The van der Waals surface area contributed by atoms with Crippen LogP contribution in [0.1, 0.15) is 34.1 Å². The lowest BCUT2D eigenvalue weighted by Crippen LogP contribution is -2.40. The minimum Gasteiger partial charge on any atom is -0.493 e. The highest BCUT2D eigenvalue weighted by atomic mass is 32.2.